The molecular weight excluding hydrogens is 352 g/mol. The number of ketones is 2. The van der Waals surface area contributed by atoms with E-state index < -0.39 is 11.9 Å². The van der Waals surface area contributed by atoms with Crippen LogP contribution in [0.3, 0.4) is 0 Å². The van der Waals surface area contributed by atoms with Crippen molar-refractivity contribution in [3.63, 3.8) is 0 Å². The predicted molar refractivity (Wildman–Crippen MR) is 93.3 cm³/mol. The highest BCUT2D eigenvalue weighted by Gasteiger charge is 2.14. The lowest BCUT2D eigenvalue weighted by atomic mass is 10.1. The zero-order chi connectivity index (χ0) is 19.5. The van der Waals surface area contributed by atoms with Crippen molar-refractivity contribution in [2.45, 2.75) is 25.7 Å². The molecule has 0 fully saturated rings. The Morgan fingerprint density at radius 2 is 0.926 bits per heavy atom. The summed E-state index contributed by atoms with van der Waals surface area (Å²) < 4.78 is 0. The average Bonchev–Trinajstić information content (AvgIpc) is 2.71. The maximum atomic E-state index is 11.8. The molecule has 7 nitrogen and oxygen atoms in total. The standard InChI is InChI=1S/C20H18O7/c21-17(15-7-3-1-4-8-15)11-13-19(23)25-27-26-20(24)14-12-18(22)16-9-5-2-6-10-16/h1-10H,11-14H2. The lowest BCUT2D eigenvalue weighted by Crippen LogP contribution is -2.13. The van der Waals surface area contributed by atoms with Gasteiger partial charge in [-0.05, 0) is 0 Å². The van der Waals surface area contributed by atoms with Gasteiger partial charge in [-0.2, -0.15) is 0 Å². The zero-order valence-electron chi connectivity index (χ0n) is 14.5. The molecule has 0 saturated carbocycles. The molecule has 7 heteroatoms. The van der Waals surface area contributed by atoms with Gasteiger partial charge in [-0.1, -0.05) is 60.7 Å². The molecule has 2 aromatic rings. The van der Waals surface area contributed by atoms with Gasteiger partial charge >= 0.3 is 11.9 Å². The lowest BCUT2D eigenvalue weighted by molar-refractivity contribution is -0.459. The van der Waals surface area contributed by atoms with Gasteiger partial charge in [0.1, 0.15) is 0 Å². The Hall–Kier alpha value is -3.32. The third-order valence-corrected chi connectivity index (χ3v) is 3.56. The maximum absolute atomic E-state index is 11.8. The molecule has 0 N–H and O–H groups in total. The van der Waals surface area contributed by atoms with Crippen LogP contribution in [-0.2, 0) is 24.4 Å². The van der Waals surface area contributed by atoms with E-state index in [1.807, 2.05) is 0 Å². The van der Waals surface area contributed by atoms with E-state index in [1.54, 1.807) is 60.7 Å². The van der Waals surface area contributed by atoms with Crippen LogP contribution in [-0.4, -0.2) is 23.5 Å². The molecule has 0 radical (unpaired) electrons. The quantitative estimate of drug-likeness (QED) is 0.360. The van der Waals surface area contributed by atoms with Gasteiger partial charge in [-0.3, -0.25) is 19.4 Å². The van der Waals surface area contributed by atoms with Crippen molar-refractivity contribution in [3.8, 4) is 0 Å². The summed E-state index contributed by atoms with van der Waals surface area (Å²) in [5, 5.41) is 4.11. The van der Waals surface area contributed by atoms with Crippen molar-refractivity contribution >= 4 is 23.5 Å². The van der Waals surface area contributed by atoms with Gasteiger partial charge in [0.05, 0.1) is 12.8 Å². The SMILES string of the molecule is O=C(CCC(=O)c1ccccc1)OOOC(=O)CCC(=O)c1ccccc1. The Morgan fingerprint density at radius 3 is 1.30 bits per heavy atom. The molecule has 0 saturated heterocycles. The summed E-state index contributed by atoms with van der Waals surface area (Å²) in [5.74, 6) is -2.15. The van der Waals surface area contributed by atoms with Crippen LogP contribution in [0.4, 0.5) is 0 Å². The third-order valence-electron chi connectivity index (χ3n) is 3.56. The number of hydrogen-bond acceptors (Lipinski definition) is 7. The van der Waals surface area contributed by atoms with Gasteiger partial charge in [0.25, 0.3) is 0 Å². The molecule has 0 aliphatic carbocycles. The Balaban J connectivity index is 1.59. The average molecular weight is 370 g/mol. The van der Waals surface area contributed by atoms with Crippen LogP contribution in [0.15, 0.2) is 60.7 Å². The molecule has 0 atom stereocenters. The number of carbonyl (C=O) groups is 4. The van der Waals surface area contributed by atoms with Crippen molar-refractivity contribution in [1.29, 1.82) is 0 Å². The first-order chi connectivity index (χ1) is 13.1. The van der Waals surface area contributed by atoms with E-state index in [0.717, 1.165) is 0 Å². The molecule has 2 rings (SSSR count). The van der Waals surface area contributed by atoms with Gasteiger partial charge in [-0.15, -0.1) is 0 Å². The summed E-state index contributed by atoms with van der Waals surface area (Å²) in [6.45, 7) is 0. The summed E-state index contributed by atoms with van der Waals surface area (Å²) in [4.78, 5) is 55.1. The van der Waals surface area contributed by atoms with Crippen LogP contribution in [0, 0.1) is 0 Å². The summed E-state index contributed by atoms with van der Waals surface area (Å²) in [5.41, 5.74) is 0.974. The van der Waals surface area contributed by atoms with Crippen molar-refractivity contribution < 1.29 is 34.0 Å². The number of carbonyl (C=O) groups excluding carboxylic acids is 4. The van der Waals surface area contributed by atoms with Crippen LogP contribution in [0.5, 0.6) is 0 Å². The van der Waals surface area contributed by atoms with Crippen LogP contribution < -0.4 is 0 Å². The second kappa shape index (κ2) is 10.6. The first-order valence-electron chi connectivity index (χ1n) is 8.29. The van der Waals surface area contributed by atoms with Crippen LogP contribution in [0.25, 0.3) is 0 Å². The topological polar surface area (TPSA) is 96.0 Å². The molecule has 0 amide bonds. The smallest absolute Gasteiger partial charge is 0.294 e. The summed E-state index contributed by atoms with van der Waals surface area (Å²) >= 11 is 0. The molecule has 0 spiro atoms. The van der Waals surface area contributed by atoms with E-state index in [1.165, 1.54) is 0 Å². The van der Waals surface area contributed by atoms with E-state index in [2.05, 4.69) is 14.8 Å². The van der Waals surface area contributed by atoms with Crippen LogP contribution in [0.1, 0.15) is 46.4 Å². The number of Topliss-reactive ketones (excluding diaryl/α,β-unsaturated/α-hetero) is 2. The van der Waals surface area contributed by atoms with Gasteiger partial charge in [-0.25, -0.2) is 9.59 Å². The molecule has 0 unspecified atom stereocenters. The van der Waals surface area contributed by atoms with Crippen molar-refractivity contribution in [1.82, 2.24) is 0 Å². The first-order valence-corrected chi connectivity index (χ1v) is 8.29. The van der Waals surface area contributed by atoms with Crippen LogP contribution in [0.2, 0.25) is 0 Å². The highest BCUT2D eigenvalue weighted by atomic mass is 17.5. The van der Waals surface area contributed by atoms with Gasteiger partial charge < -0.3 is 0 Å². The van der Waals surface area contributed by atoms with E-state index in [9.17, 15) is 19.2 Å². The molecule has 140 valence electrons. The maximum Gasteiger partial charge on any atom is 0.347 e. The molecule has 27 heavy (non-hydrogen) atoms. The zero-order valence-corrected chi connectivity index (χ0v) is 14.5. The molecule has 0 aliphatic rings. The highest BCUT2D eigenvalue weighted by molar-refractivity contribution is 5.98. The van der Waals surface area contributed by atoms with Crippen molar-refractivity contribution in [2.75, 3.05) is 0 Å². The molecule has 0 aliphatic heterocycles. The predicted octanol–water partition coefficient (Wildman–Crippen LogP) is 3.25. The fraction of sp³-hybridized carbons (Fsp3) is 0.200. The summed E-state index contributed by atoms with van der Waals surface area (Å²) in [6.07, 6.45) is -0.576. The largest absolute Gasteiger partial charge is 0.347 e. The highest BCUT2D eigenvalue weighted by Crippen LogP contribution is 2.07. The fourth-order valence-electron chi connectivity index (χ4n) is 2.14. The van der Waals surface area contributed by atoms with E-state index >= 15 is 0 Å². The van der Waals surface area contributed by atoms with E-state index in [4.69, 9.17) is 0 Å². The Bertz CT molecular complexity index is 717. The minimum atomic E-state index is -0.854. The minimum absolute atomic E-state index is 0.0638. The molecule has 2 aromatic carbocycles. The number of benzene rings is 2. The summed E-state index contributed by atoms with van der Waals surface area (Å²) in [6, 6.07) is 17.0. The third kappa shape index (κ3) is 7.21. The Labute approximate surface area is 155 Å². The summed E-state index contributed by atoms with van der Waals surface area (Å²) in [7, 11) is 0. The molecular formula is C20H18O7. The second-order valence-corrected chi connectivity index (χ2v) is 5.56. The molecule has 0 bridgehead atoms. The van der Waals surface area contributed by atoms with Crippen molar-refractivity contribution in [2.24, 2.45) is 0 Å². The van der Waals surface area contributed by atoms with Gasteiger partial charge in [0.2, 0.25) is 0 Å². The molecule has 0 aromatic heterocycles. The minimum Gasteiger partial charge on any atom is -0.294 e. The lowest BCUT2D eigenvalue weighted by Gasteiger charge is -2.03. The Morgan fingerprint density at radius 1 is 0.556 bits per heavy atom. The van der Waals surface area contributed by atoms with Crippen molar-refractivity contribution in [3.05, 3.63) is 71.8 Å². The second-order valence-electron chi connectivity index (χ2n) is 5.56. The van der Waals surface area contributed by atoms with Crippen LogP contribution >= 0.6 is 0 Å². The van der Waals surface area contributed by atoms with Gasteiger partial charge in [0, 0.05) is 29.0 Å². The molecule has 0 heterocycles. The first kappa shape index (κ1) is 20.0. The van der Waals surface area contributed by atoms with E-state index in [0.29, 0.717) is 11.1 Å². The van der Waals surface area contributed by atoms with Gasteiger partial charge in [0.15, 0.2) is 11.6 Å². The van der Waals surface area contributed by atoms with E-state index in [-0.39, 0.29) is 37.2 Å². The number of hydrogen-bond donors (Lipinski definition) is 0. The normalized spacial score (nSPS) is 10.1. The monoisotopic (exact) mass is 370 g/mol. The Kier molecular flexibility index (Phi) is 7.87. The number of rotatable bonds is 10. The fourth-order valence-corrected chi connectivity index (χ4v) is 2.14.